The van der Waals surface area contributed by atoms with E-state index in [4.69, 9.17) is 0 Å². The van der Waals surface area contributed by atoms with Crippen LogP contribution in [0.2, 0.25) is 0 Å². The van der Waals surface area contributed by atoms with Gasteiger partial charge in [-0.1, -0.05) is 38.2 Å². The van der Waals surface area contributed by atoms with Gasteiger partial charge in [-0.2, -0.15) is 0 Å². The van der Waals surface area contributed by atoms with E-state index in [-0.39, 0.29) is 11.8 Å². The molecule has 1 rings (SSSR count). The number of hydrogen-bond acceptors (Lipinski definition) is 1. The van der Waals surface area contributed by atoms with Crippen LogP contribution < -0.4 is 0 Å². The first kappa shape index (κ1) is 8.25. The Labute approximate surface area is 67.8 Å². The highest BCUT2D eigenvalue weighted by Gasteiger charge is 2.17. The standard InChI is InChI=1S/C10H14O/c1-8(2)10(11)9-6-4-3-5-7-9/h3-6,8-9H,7H2,1-2H3. The van der Waals surface area contributed by atoms with Gasteiger partial charge in [0.1, 0.15) is 5.78 Å². The number of ketones is 1. The Hall–Kier alpha value is -0.850. The third kappa shape index (κ3) is 2.04. The zero-order chi connectivity index (χ0) is 8.27. The fourth-order valence-corrected chi connectivity index (χ4v) is 1.22. The van der Waals surface area contributed by atoms with Crippen molar-refractivity contribution < 1.29 is 4.79 Å². The molecule has 0 aliphatic heterocycles. The first-order valence-corrected chi connectivity index (χ1v) is 4.09. The lowest BCUT2D eigenvalue weighted by Crippen LogP contribution is -2.18. The molecule has 0 N–H and O–H groups in total. The van der Waals surface area contributed by atoms with Gasteiger partial charge in [0.25, 0.3) is 0 Å². The topological polar surface area (TPSA) is 17.1 Å². The lowest BCUT2D eigenvalue weighted by atomic mass is 9.90. The molecule has 1 atom stereocenters. The molecule has 1 unspecified atom stereocenters. The van der Waals surface area contributed by atoms with Crippen molar-refractivity contribution in [2.24, 2.45) is 11.8 Å². The molecule has 0 radical (unpaired) electrons. The molecule has 0 aromatic rings. The van der Waals surface area contributed by atoms with Gasteiger partial charge in [0.2, 0.25) is 0 Å². The summed E-state index contributed by atoms with van der Waals surface area (Å²) in [5.41, 5.74) is 0. The van der Waals surface area contributed by atoms with Crippen molar-refractivity contribution >= 4 is 5.78 Å². The van der Waals surface area contributed by atoms with Crippen LogP contribution in [-0.2, 0) is 4.79 Å². The van der Waals surface area contributed by atoms with Crippen molar-refractivity contribution in [1.82, 2.24) is 0 Å². The van der Waals surface area contributed by atoms with Gasteiger partial charge in [0.05, 0.1) is 0 Å². The molecule has 0 aromatic carbocycles. The van der Waals surface area contributed by atoms with Crippen LogP contribution in [-0.4, -0.2) is 5.78 Å². The van der Waals surface area contributed by atoms with Crippen molar-refractivity contribution in [3.63, 3.8) is 0 Å². The third-order valence-corrected chi connectivity index (χ3v) is 1.92. The van der Waals surface area contributed by atoms with Crippen LogP contribution in [0, 0.1) is 11.8 Å². The summed E-state index contributed by atoms with van der Waals surface area (Å²) >= 11 is 0. The van der Waals surface area contributed by atoms with E-state index in [1.165, 1.54) is 0 Å². The van der Waals surface area contributed by atoms with Crippen LogP contribution in [0.5, 0.6) is 0 Å². The predicted octanol–water partition coefficient (Wildman–Crippen LogP) is 2.34. The molecule has 0 heterocycles. The maximum Gasteiger partial charge on any atom is 0.142 e. The number of rotatable bonds is 2. The third-order valence-electron chi connectivity index (χ3n) is 1.92. The summed E-state index contributed by atoms with van der Waals surface area (Å²) in [5, 5.41) is 0. The van der Waals surface area contributed by atoms with E-state index >= 15 is 0 Å². The Bertz CT molecular complexity index is 199. The molecule has 1 aliphatic carbocycles. The average Bonchev–Trinajstić information content (AvgIpc) is 2.05. The van der Waals surface area contributed by atoms with Gasteiger partial charge < -0.3 is 0 Å². The molecule has 0 saturated heterocycles. The second-order valence-electron chi connectivity index (χ2n) is 3.21. The predicted molar refractivity (Wildman–Crippen MR) is 46.2 cm³/mol. The van der Waals surface area contributed by atoms with E-state index < -0.39 is 0 Å². The van der Waals surface area contributed by atoms with Crippen LogP contribution in [0.3, 0.4) is 0 Å². The van der Waals surface area contributed by atoms with Crippen molar-refractivity contribution in [3.05, 3.63) is 24.3 Å². The van der Waals surface area contributed by atoms with Crippen LogP contribution in [0.25, 0.3) is 0 Å². The summed E-state index contributed by atoms with van der Waals surface area (Å²) in [5.74, 6) is 0.654. The smallest absolute Gasteiger partial charge is 0.142 e. The van der Waals surface area contributed by atoms with Crippen LogP contribution in [0.1, 0.15) is 20.3 Å². The lowest BCUT2D eigenvalue weighted by Gasteiger charge is -2.13. The Morgan fingerprint density at radius 2 is 2.18 bits per heavy atom. The summed E-state index contributed by atoms with van der Waals surface area (Å²) in [6.45, 7) is 3.91. The lowest BCUT2D eigenvalue weighted by molar-refractivity contribution is -0.124. The molecule has 60 valence electrons. The summed E-state index contributed by atoms with van der Waals surface area (Å²) in [6, 6.07) is 0. The SMILES string of the molecule is CC(C)C(=O)C1C=CC=CC1. The van der Waals surface area contributed by atoms with Crippen molar-refractivity contribution in [1.29, 1.82) is 0 Å². The number of carbonyl (C=O) groups excluding carboxylic acids is 1. The first-order valence-electron chi connectivity index (χ1n) is 4.09. The van der Waals surface area contributed by atoms with Gasteiger partial charge in [-0.25, -0.2) is 0 Å². The second kappa shape index (κ2) is 3.51. The van der Waals surface area contributed by atoms with Gasteiger partial charge in [-0.3, -0.25) is 4.79 Å². The van der Waals surface area contributed by atoms with Crippen molar-refractivity contribution in [3.8, 4) is 0 Å². The van der Waals surface area contributed by atoms with Crippen LogP contribution >= 0.6 is 0 Å². The normalized spacial score (nSPS) is 22.6. The number of Topliss-reactive ketones (excluding diaryl/α,β-unsaturated/α-hetero) is 1. The maximum atomic E-state index is 11.4. The van der Waals surface area contributed by atoms with Crippen LogP contribution in [0.15, 0.2) is 24.3 Å². The number of allylic oxidation sites excluding steroid dienone is 4. The molecule has 0 spiro atoms. The van der Waals surface area contributed by atoms with Gasteiger partial charge in [-0.05, 0) is 6.42 Å². The molecular weight excluding hydrogens is 136 g/mol. The van der Waals surface area contributed by atoms with E-state index in [9.17, 15) is 4.79 Å². The summed E-state index contributed by atoms with van der Waals surface area (Å²) < 4.78 is 0. The fraction of sp³-hybridized carbons (Fsp3) is 0.500. The molecule has 0 fully saturated rings. The molecule has 0 amide bonds. The monoisotopic (exact) mass is 150 g/mol. The molecular formula is C10H14O. The van der Waals surface area contributed by atoms with Gasteiger partial charge in [0.15, 0.2) is 0 Å². The van der Waals surface area contributed by atoms with E-state index in [0.29, 0.717) is 5.78 Å². The highest BCUT2D eigenvalue weighted by atomic mass is 16.1. The molecule has 1 aliphatic rings. The summed E-state index contributed by atoms with van der Waals surface area (Å²) in [4.78, 5) is 11.4. The van der Waals surface area contributed by atoms with Crippen molar-refractivity contribution in [2.45, 2.75) is 20.3 Å². The highest BCUT2D eigenvalue weighted by molar-refractivity contribution is 5.84. The second-order valence-corrected chi connectivity index (χ2v) is 3.21. The van der Waals surface area contributed by atoms with Gasteiger partial charge in [-0.15, -0.1) is 0 Å². The van der Waals surface area contributed by atoms with Crippen LogP contribution in [0.4, 0.5) is 0 Å². The zero-order valence-electron chi connectivity index (χ0n) is 7.08. The maximum absolute atomic E-state index is 11.4. The Morgan fingerprint density at radius 1 is 1.45 bits per heavy atom. The molecule has 11 heavy (non-hydrogen) atoms. The van der Waals surface area contributed by atoms with E-state index in [2.05, 4.69) is 0 Å². The molecule has 0 bridgehead atoms. The molecule has 0 saturated carbocycles. The quantitative estimate of drug-likeness (QED) is 0.590. The number of carbonyl (C=O) groups is 1. The van der Waals surface area contributed by atoms with Gasteiger partial charge >= 0.3 is 0 Å². The Kier molecular flexibility index (Phi) is 2.64. The Balaban J connectivity index is 2.55. The molecule has 0 aromatic heterocycles. The zero-order valence-corrected chi connectivity index (χ0v) is 7.08. The minimum atomic E-state index is 0.139. The minimum absolute atomic E-state index is 0.139. The first-order chi connectivity index (χ1) is 5.22. The van der Waals surface area contributed by atoms with Crippen molar-refractivity contribution in [2.75, 3.05) is 0 Å². The molecule has 1 nitrogen and oxygen atoms in total. The largest absolute Gasteiger partial charge is 0.299 e. The fourth-order valence-electron chi connectivity index (χ4n) is 1.22. The number of hydrogen-bond donors (Lipinski definition) is 0. The van der Waals surface area contributed by atoms with E-state index in [1.807, 2.05) is 38.2 Å². The van der Waals surface area contributed by atoms with E-state index in [1.54, 1.807) is 0 Å². The average molecular weight is 150 g/mol. The highest BCUT2D eigenvalue weighted by Crippen LogP contribution is 2.16. The minimum Gasteiger partial charge on any atom is -0.299 e. The molecule has 1 heteroatoms. The summed E-state index contributed by atoms with van der Waals surface area (Å²) in [7, 11) is 0. The summed E-state index contributed by atoms with van der Waals surface area (Å²) in [6.07, 6.45) is 8.86. The van der Waals surface area contributed by atoms with E-state index in [0.717, 1.165) is 6.42 Å². The van der Waals surface area contributed by atoms with Gasteiger partial charge in [0, 0.05) is 11.8 Å². The Morgan fingerprint density at radius 3 is 2.64 bits per heavy atom.